The number of aryl methyl sites for hydroxylation is 1. The lowest BCUT2D eigenvalue weighted by atomic mass is 10.2. The van der Waals surface area contributed by atoms with E-state index in [0.717, 1.165) is 38.5 Å². The first kappa shape index (κ1) is 14.1. The smallest absolute Gasteiger partial charge is 0.203 e. The molecule has 104 valence electrons. The van der Waals surface area contributed by atoms with Crippen molar-refractivity contribution in [3.8, 4) is 0 Å². The Balaban J connectivity index is 1.95. The molecule has 2 rings (SSSR count). The molecule has 19 heavy (non-hydrogen) atoms. The van der Waals surface area contributed by atoms with Crippen LogP contribution in [0.3, 0.4) is 0 Å². The van der Waals surface area contributed by atoms with Crippen molar-refractivity contribution in [1.82, 2.24) is 9.55 Å². The Morgan fingerprint density at radius 3 is 3.16 bits per heavy atom. The molecule has 0 saturated carbocycles. The molecule has 0 unspecified atom stereocenters. The number of imidazole rings is 1. The summed E-state index contributed by atoms with van der Waals surface area (Å²) in [4.78, 5) is 5.78. The maximum absolute atomic E-state index is 5.04. The number of hydrogen-bond donors (Lipinski definition) is 1. The highest BCUT2D eigenvalue weighted by atomic mass is 32.1. The zero-order chi connectivity index (χ0) is 13.5. The van der Waals surface area contributed by atoms with Crippen LogP contribution in [0.2, 0.25) is 0 Å². The molecule has 2 aromatic heterocycles. The molecular formula is C14H21N3OS. The maximum Gasteiger partial charge on any atom is 0.203 e. The molecule has 0 aliphatic heterocycles. The van der Waals surface area contributed by atoms with Gasteiger partial charge in [-0.3, -0.25) is 0 Å². The highest BCUT2D eigenvalue weighted by molar-refractivity contribution is 7.10. The molecule has 0 bridgehead atoms. The molecule has 1 N–H and O–H groups in total. The van der Waals surface area contributed by atoms with E-state index < -0.39 is 0 Å². The molecule has 0 fully saturated rings. The van der Waals surface area contributed by atoms with Crippen molar-refractivity contribution in [3.63, 3.8) is 0 Å². The number of aromatic nitrogens is 2. The highest BCUT2D eigenvalue weighted by Gasteiger charge is 2.07. The fraction of sp³-hybridized carbons (Fsp3) is 0.500. The molecule has 0 atom stereocenters. The standard InChI is InChI=1S/C14H21N3OS/c1-3-12-5-10-19-13(12)11-17-8-7-16-14(17)15-6-4-9-18-2/h5,7-8,10H,3-4,6,9,11H2,1-2H3,(H,15,16). The molecule has 2 heterocycles. The number of thiophene rings is 1. The zero-order valence-electron chi connectivity index (χ0n) is 11.6. The van der Waals surface area contributed by atoms with E-state index in [1.54, 1.807) is 7.11 Å². The minimum absolute atomic E-state index is 0.776. The Hall–Kier alpha value is -1.33. The molecular weight excluding hydrogens is 258 g/mol. The molecule has 2 aromatic rings. The third-order valence-electron chi connectivity index (χ3n) is 3.06. The van der Waals surface area contributed by atoms with Crippen molar-refractivity contribution in [2.75, 3.05) is 25.6 Å². The third kappa shape index (κ3) is 3.81. The van der Waals surface area contributed by atoms with Gasteiger partial charge in [0.25, 0.3) is 0 Å². The van der Waals surface area contributed by atoms with Crippen LogP contribution >= 0.6 is 11.3 Å². The average Bonchev–Trinajstić information content (AvgIpc) is 3.04. The number of ether oxygens (including phenoxy) is 1. The van der Waals surface area contributed by atoms with Crippen LogP contribution in [0.1, 0.15) is 23.8 Å². The Labute approximate surface area is 118 Å². The van der Waals surface area contributed by atoms with Gasteiger partial charge in [0.1, 0.15) is 0 Å². The van der Waals surface area contributed by atoms with Crippen molar-refractivity contribution in [1.29, 1.82) is 0 Å². The monoisotopic (exact) mass is 279 g/mol. The van der Waals surface area contributed by atoms with Crippen LogP contribution in [0.5, 0.6) is 0 Å². The van der Waals surface area contributed by atoms with Crippen LogP contribution in [-0.4, -0.2) is 29.8 Å². The molecule has 0 aliphatic rings. The number of nitrogens with one attached hydrogen (secondary N) is 1. The predicted molar refractivity (Wildman–Crippen MR) is 80.0 cm³/mol. The molecule has 0 saturated heterocycles. The largest absolute Gasteiger partial charge is 0.385 e. The van der Waals surface area contributed by atoms with Crippen LogP contribution in [0, 0.1) is 0 Å². The number of anilines is 1. The predicted octanol–water partition coefficient (Wildman–Crippen LogP) is 3.00. The van der Waals surface area contributed by atoms with Gasteiger partial charge in [0, 0.05) is 37.5 Å². The van der Waals surface area contributed by atoms with Crippen LogP contribution in [0.25, 0.3) is 0 Å². The van der Waals surface area contributed by atoms with Crippen molar-refractivity contribution in [2.24, 2.45) is 0 Å². The summed E-state index contributed by atoms with van der Waals surface area (Å²) in [5, 5.41) is 5.52. The van der Waals surface area contributed by atoms with Crippen molar-refractivity contribution in [3.05, 3.63) is 34.3 Å². The molecule has 0 aromatic carbocycles. The summed E-state index contributed by atoms with van der Waals surface area (Å²) in [6.07, 6.45) is 5.95. The van der Waals surface area contributed by atoms with E-state index in [4.69, 9.17) is 4.74 Å². The molecule has 4 nitrogen and oxygen atoms in total. The minimum Gasteiger partial charge on any atom is -0.385 e. The first-order chi connectivity index (χ1) is 9.35. The van der Waals surface area contributed by atoms with Gasteiger partial charge >= 0.3 is 0 Å². The van der Waals surface area contributed by atoms with E-state index in [1.165, 1.54) is 10.4 Å². The Kier molecular flexibility index (Phi) is 5.42. The third-order valence-corrected chi connectivity index (χ3v) is 4.00. The SMILES string of the molecule is CCc1ccsc1Cn1ccnc1NCCCOC. The van der Waals surface area contributed by atoms with E-state index in [-0.39, 0.29) is 0 Å². The van der Waals surface area contributed by atoms with Gasteiger partial charge < -0.3 is 14.6 Å². The summed E-state index contributed by atoms with van der Waals surface area (Å²) < 4.78 is 7.21. The topological polar surface area (TPSA) is 39.1 Å². The highest BCUT2D eigenvalue weighted by Crippen LogP contribution is 2.20. The first-order valence-electron chi connectivity index (χ1n) is 6.64. The Bertz CT molecular complexity index is 492. The molecule has 0 aliphatic carbocycles. The lowest BCUT2D eigenvalue weighted by Crippen LogP contribution is -2.10. The van der Waals surface area contributed by atoms with Gasteiger partial charge in [0.15, 0.2) is 0 Å². The second-order valence-electron chi connectivity index (χ2n) is 4.37. The number of rotatable bonds is 8. The van der Waals surface area contributed by atoms with Crippen molar-refractivity contribution >= 4 is 17.3 Å². The fourth-order valence-electron chi connectivity index (χ4n) is 2.00. The summed E-state index contributed by atoms with van der Waals surface area (Å²) in [6.45, 7) is 4.76. The Morgan fingerprint density at radius 1 is 1.47 bits per heavy atom. The summed E-state index contributed by atoms with van der Waals surface area (Å²) >= 11 is 1.82. The van der Waals surface area contributed by atoms with E-state index in [1.807, 2.05) is 23.7 Å². The van der Waals surface area contributed by atoms with Crippen LogP contribution in [0.15, 0.2) is 23.8 Å². The zero-order valence-corrected chi connectivity index (χ0v) is 12.4. The van der Waals surface area contributed by atoms with Crippen molar-refractivity contribution < 1.29 is 4.74 Å². The lowest BCUT2D eigenvalue weighted by molar-refractivity contribution is 0.197. The number of nitrogens with zero attached hydrogens (tertiary/aromatic N) is 2. The summed E-state index contributed by atoms with van der Waals surface area (Å²) in [5.41, 5.74) is 1.43. The second-order valence-corrected chi connectivity index (χ2v) is 5.38. The molecule has 0 radical (unpaired) electrons. The van der Waals surface area contributed by atoms with Gasteiger partial charge in [-0.05, 0) is 29.9 Å². The van der Waals surface area contributed by atoms with E-state index in [0.29, 0.717) is 0 Å². The summed E-state index contributed by atoms with van der Waals surface area (Å²) in [7, 11) is 1.73. The summed E-state index contributed by atoms with van der Waals surface area (Å²) in [6, 6.07) is 2.21. The second kappa shape index (κ2) is 7.31. The van der Waals surface area contributed by atoms with Gasteiger partial charge in [-0.25, -0.2) is 4.98 Å². The van der Waals surface area contributed by atoms with Gasteiger partial charge in [0.2, 0.25) is 5.95 Å². The normalized spacial score (nSPS) is 10.8. The maximum atomic E-state index is 5.04. The lowest BCUT2D eigenvalue weighted by Gasteiger charge is -2.09. The minimum atomic E-state index is 0.776. The quantitative estimate of drug-likeness (QED) is 0.755. The van der Waals surface area contributed by atoms with Crippen LogP contribution < -0.4 is 5.32 Å². The van der Waals surface area contributed by atoms with E-state index in [9.17, 15) is 0 Å². The number of hydrogen-bond acceptors (Lipinski definition) is 4. The average molecular weight is 279 g/mol. The van der Waals surface area contributed by atoms with Gasteiger partial charge in [-0.15, -0.1) is 11.3 Å². The van der Waals surface area contributed by atoms with Crippen molar-refractivity contribution in [2.45, 2.75) is 26.3 Å². The van der Waals surface area contributed by atoms with Gasteiger partial charge in [0.05, 0.1) is 6.54 Å². The fourth-order valence-corrected chi connectivity index (χ4v) is 2.97. The first-order valence-corrected chi connectivity index (χ1v) is 7.52. The summed E-state index contributed by atoms with van der Waals surface area (Å²) in [5.74, 6) is 0.937. The van der Waals surface area contributed by atoms with Crippen LogP contribution in [0.4, 0.5) is 5.95 Å². The van der Waals surface area contributed by atoms with Crippen LogP contribution in [-0.2, 0) is 17.7 Å². The van der Waals surface area contributed by atoms with Gasteiger partial charge in [-0.1, -0.05) is 6.92 Å². The Morgan fingerprint density at radius 2 is 2.37 bits per heavy atom. The molecule has 5 heteroatoms. The number of methoxy groups -OCH3 is 1. The van der Waals surface area contributed by atoms with E-state index in [2.05, 4.69) is 33.2 Å². The molecule has 0 spiro atoms. The molecule has 0 amide bonds. The van der Waals surface area contributed by atoms with E-state index >= 15 is 0 Å². The van der Waals surface area contributed by atoms with Gasteiger partial charge in [-0.2, -0.15) is 0 Å².